The molecule has 0 spiro atoms. The molecule has 24 heavy (non-hydrogen) atoms. The van der Waals surface area contributed by atoms with Gasteiger partial charge in [0.2, 0.25) is 0 Å². The summed E-state index contributed by atoms with van der Waals surface area (Å²) in [5.74, 6) is 1.08. The van der Waals surface area contributed by atoms with Crippen LogP contribution in [0, 0.1) is 0 Å². The number of benzene rings is 3. The number of para-hydroxylation sites is 1. The Kier molecular flexibility index (Phi) is 4.92. The maximum atomic E-state index is 11.5. The average Bonchev–Trinajstić information content (AvgIpc) is 2.61. The number of rotatable bonds is 5. The van der Waals surface area contributed by atoms with Crippen molar-refractivity contribution in [2.24, 2.45) is 0 Å². The second-order valence-corrected chi connectivity index (χ2v) is 5.23. The summed E-state index contributed by atoms with van der Waals surface area (Å²) in [6, 6.07) is 21.7. The quantitative estimate of drug-likeness (QED) is 0.478. The summed E-state index contributed by atoms with van der Waals surface area (Å²) in [4.78, 5) is 11.5. The maximum absolute atomic E-state index is 11.5. The fourth-order valence-corrected chi connectivity index (χ4v) is 2.42. The van der Waals surface area contributed by atoms with Crippen LogP contribution in [0.25, 0.3) is 16.8 Å². The van der Waals surface area contributed by atoms with E-state index in [2.05, 4.69) is 12.1 Å². The van der Waals surface area contributed by atoms with Gasteiger partial charge in [0.15, 0.2) is 0 Å². The fourth-order valence-electron chi connectivity index (χ4n) is 2.42. The summed E-state index contributed by atoms with van der Waals surface area (Å²) in [7, 11) is 0. The summed E-state index contributed by atoms with van der Waals surface area (Å²) in [6.07, 6.45) is 3.11. The Bertz CT molecular complexity index is 881. The molecule has 0 bridgehead atoms. The van der Waals surface area contributed by atoms with Gasteiger partial charge < -0.3 is 9.47 Å². The molecule has 0 unspecified atom stereocenters. The number of hydrogen-bond acceptors (Lipinski definition) is 3. The van der Waals surface area contributed by atoms with E-state index in [1.54, 1.807) is 13.0 Å². The third-order valence-corrected chi connectivity index (χ3v) is 3.55. The Labute approximate surface area is 141 Å². The molecule has 0 fully saturated rings. The lowest BCUT2D eigenvalue weighted by atomic mass is 10.1. The molecule has 3 nitrogen and oxygen atoms in total. The lowest BCUT2D eigenvalue weighted by Crippen LogP contribution is -1.98. The zero-order chi connectivity index (χ0) is 16.8. The molecule has 0 aliphatic rings. The van der Waals surface area contributed by atoms with Crippen molar-refractivity contribution < 1.29 is 14.3 Å². The minimum atomic E-state index is -0.363. The predicted molar refractivity (Wildman–Crippen MR) is 96.1 cm³/mol. The van der Waals surface area contributed by atoms with Crippen molar-refractivity contribution in [1.29, 1.82) is 0 Å². The third-order valence-electron chi connectivity index (χ3n) is 3.55. The Morgan fingerprint density at radius 3 is 2.54 bits per heavy atom. The number of hydrogen-bond donors (Lipinski definition) is 0. The molecule has 3 heteroatoms. The largest absolute Gasteiger partial charge is 0.463 e. The number of fused-ring (bicyclic) bond motifs is 1. The van der Waals surface area contributed by atoms with E-state index in [4.69, 9.17) is 9.47 Å². The minimum Gasteiger partial charge on any atom is -0.463 e. The molecule has 0 atom stereocenters. The van der Waals surface area contributed by atoms with Crippen molar-refractivity contribution in [1.82, 2.24) is 0 Å². The van der Waals surface area contributed by atoms with E-state index in [1.165, 1.54) is 11.5 Å². The number of esters is 1. The van der Waals surface area contributed by atoms with E-state index < -0.39 is 0 Å². The highest BCUT2D eigenvalue weighted by Crippen LogP contribution is 2.28. The van der Waals surface area contributed by atoms with E-state index >= 15 is 0 Å². The summed E-state index contributed by atoms with van der Waals surface area (Å²) in [6.45, 7) is 2.14. The highest BCUT2D eigenvalue weighted by atomic mass is 16.5. The van der Waals surface area contributed by atoms with E-state index in [0.717, 1.165) is 16.7 Å². The van der Waals surface area contributed by atoms with Crippen LogP contribution < -0.4 is 4.74 Å². The van der Waals surface area contributed by atoms with Gasteiger partial charge in [-0.2, -0.15) is 0 Å². The molecular weight excluding hydrogens is 300 g/mol. The molecule has 0 aliphatic heterocycles. The van der Waals surface area contributed by atoms with Crippen molar-refractivity contribution in [3.05, 3.63) is 78.4 Å². The predicted octanol–water partition coefficient (Wildman–Crippen LogP) is 5.21. The monoisotopic (exact) mass is 318 g/mol. The van der Waals surface area contributed by atoms with Crippen LogP contribution in [-0.4, -0.2) is 12.6 Å². The molecule has 0 aliphatic carbocycles. The Morgan fingerprint density at radius 1 is 0.958 bits per heavy atom. The van der Waals surface area contributed by atoms with Gasteiger partial charge in [-0.25, -0.2) is 4.79 Å². The Balaban J connectivity index is 1.85. The molecule has 3 aromatic carbocycles. The van der Waals surface area contributed by atoms with Crippen molar-refractivity contribution in [3.63, 3.8) is 0 Å². The highest BCUT2D eigenvalue weighted by molar-refractivity contribution is 5.87. The number of carbonyl (C=O) groups excluding carboxylic acids is 1. The smallest absolute Gasteiger partial charge is 0.330 e. The van der Waals surface area contributed by atoms with Gasteiger partial charge in [0.25, 0.3) is 0 Å². The Hall–Kier alpha value is -3.07. The van der Waals surface area contributed by atoms with Crippen molar-refractivity contribution in [2.45, 2.75) is 6.92 Å². The van der Waals surface area contributed by atoms with Gasteiger partial charge in [0.05, 0.1) is 6.61 Å². The molecule has 0 saturated carbocycles. The van der Waals surface area contributed by atoms with Crippen molar-refractivity contribution >= 4 is 22.8 Å². The molecule has 0 saturated heterocycles. The van der Waals surface area contributed by atoms with E-state index in [0.29, 0.717) is 12.4 Å². The van der Waals surface area contributed by atoms with Gasteiger partial charge in [-0.1, -0.05) is 48.5 Å². The third kappa shape index (κ3) is 3.82. The van der Waals surface area contributed by atoms with E-state index in [9.17, 15) is 4.79 Å². The zero-order valence-corrected chi connectivity index (χ0v) is 13.4. The first-order valence-corrected chi connectivity index (χ1v) is 7.87. The van der Waals surface area contributed by atoms with Crippen LogP contribution in [0.5, 0.6) is 11.5 Å². The van der Waals surface area contributed by atoms with Gasteiger partial charge in [-0.05, 0) is 42.0 Å². The number of ether oxygens (including phenoxy) is 2. The molecule has 120 valence electrons. The number of carbonyl (C=O) groups is 1. The van der Waals surface area contributed by atoms with Crippen LogP contribution in [0.4, 0.5) is 0 Å². The van der Waals surface area contributed by atoms with Gasteiger partial charge >= 0.3 is 5.97 Å². The first-order valence-electron chi connectivity index (χ1n) is 7.87. The van der Waals surface area contributed by atoms with Gasteiger partial charge in [0, 0.05) is 11.6 Å². The summed E-state index contributed by atoms with van der Waals surface area (Å²) >= 11 is 0. The van der Waals surface area contributed by atoms with Gasteiger partial charge in [-0.15, -0.1) is 0 Å². The first kappa shape index (κ1) is 15.8. The molecule has 3 rings (SSSR count). The molecule has 0 N–H and O–H groups in total. The first-order chi connectivity index (χ1) is 11.8. The summed E-state index contributed by atoms with van der Waals surface area (Å²) < 4.78 is 10.9. The molecular formula is C21H18O3. The zero-order valence-electron chi connectivity index (χ0n) is 13.4. The SMILES string of the molecule is CCOC(=O)C=Cc1ccccc1Oc1ccc2ccccc2c1. The standard InChI is InChI=1S/C21H18O3/c1-2-23-21(22)14-12-17-8-5-6-10-20(17)24-19-13-11-16-7-3-4-9-18(16)15-19/h3-15H,2H2,1H3. The van der Waals surface area contributed by atoms with Gasteiger partial charge in [0.1, 0.15) is 11.5 Å². The molecule has 0 aromatic heterocycles. The normalized spacial score (nSPS) is 10.9. The van der Waals surface area contributed by atoms with Crippen LogP contribution in [0.1, 0.15) is 12.5 Å². The van der Waals surface area contributed by atoms with Crippen LogP contribution in [0.3, 0.4) is 0 Å². The summed E-state index contributed by atoms with van der Waals surface area (Å²) in [5.41, 5.74) is 0.818. The molecule has 0 amide bonds. The van der Waals surface area contributed by atoms with Crippen LogP contribution >= 0.6 is 0 Å². The van der Waals surface area contributed by atoms with Gasteiger partial charge in [-0.3, -0.25) is 0 Å². The van der Waals surface area contributed by atoms with Crippen molar-refractivity contribution in [3.8, 4) is 11.5 Å². The molecule has 0 radical (unpaired) electrons. The van der Waals surface area contributed by atoms with Crippen molar-refractivity contribution in [2.75, 3.05) is 6.61 Å². The Morgan fingerprint density at radius 2 is 1.71 bits per heavy atom. The molecule has 3 aromatic rings. The fraction of sp³-hybridized carbons (Fsp3) is 0.0952. The summed E-state index contributed by atoms with van der Waals surface area (Å²) in [5, 5.41) is 2.29. The minimum absolute atomic E-state index is 0.360. The maximum Gasteiger partial charge on any atom is 0.330 e. The second-order valence-electron chi connectivity index (χ2n) is 5.23. The van der Waals surface area contributed by atoms with Crippen LogP contribution in [0.2, 0.25) is 0 Å². The molecule has 0 heterocycles. The lowest BCUT2D eigenvalue weighted by Gasteiger charge is -2.09. The van der Waals surface area contributed by atoms with E-state index in [1.807, 2.05) is 54.6 Å². The second kappa shape index (κ2) is 7.47. The highest BCUT2D eigenvalue weighted by Gasteiger charge is 2.04. The average molecular weight is 318 g/mol. The lowest BCUT2D eigenvalue weighted by molar-refractivity contribution is -0.137. The van der Waals surface area contributed by atoms with E-state index in [-0.39, 0.29) is 5.97 Å². The topological polar surface area (TPSA) is 35.5 Å². The van der Waals surface area contributed by atoms with Crippen LogP contribution in [-0.2, 0) is 9.53 Å². The van der Waals surface area contributed by atoms with Crippen LogP contribution in [0.15, 0.2) is 72.8 Å².